The van der Waals surface area contributed by atoms with Crippen molar-refractivity contribution in [2.75, 3.05) is 20.6 Å². The second kappa shape index (κ2) is 8.43. The summed E-state index contributed by atoms with van der Waals surface area (Å²) in [5, 5.41) is 11.9. The van der Waals surface area contributed by atoms with Gasteiger partial charge in [0.15, 0.2) is 0 Å². The van der Waals surface area contributed by atoms with Crippen molar-refractivity contribution >= 4 is 5.91 Å². The van der Waals surface area contributed by atoms with Gasteiger partial charge in [-0.1, -0.05) is 26.0 Å². The zero-order chi connectivity index (χ0) is 15.8. The van der Waals surface area contributed by atoms with Gasteiger partial charge in [-0.3, -0.25) is 4.79 Å². The fourth-order valence-electron chi connectivity index (χ4n) is 2.35. The van der Waals surface area contributed by atoms with Gasteiger partial charge in [-0.05, 0) is 44.1 Å². The van der Waals surface area contributed by atoms with Crippen LogP contribution < -0.4 is 5.32 Å². The van der Waals surface area contributed by atoms with E-state index in [1.54, 1.807) is 12.1 Å². The summed E-state index contributed by atoms with van der Waals surface area (Å²) in [5.41, 5.74) is 1.55. The average molecular weight is 287 g/mol. The highest BCUT2D eigenvalue weighted by atomic mass is 16.1. The molecule has 1 atom stereocenters. The molecule has 1 aromatic carbocycles. The maximum atomic E-state index is 12.1. The zero-order valence-electron chi connectivity index (χ0n) is 13.4. The van der Waals surface area contributed by atoms with E-state index in [0.717, 1.165) is 18.5 Å². The number of carbonyl (C=O) groups is 1. The van der Waals surface area contributed by atoms with Crippen LogP contribution in [0.15, 0.2) is 24.3 Å². The van der Waals surface area contributed by atoms with Crippen molar-refractivity contribution < 1.29 is 4.79 Å². The van der Waals surface area contributed by atoms with Crippen molar-refractivity contribution in [3.05, 3.63) is 35.4 Å². The summed E-state index contributed by atoms with van der Waals surface area (Å²) in [7, 11) is 4.03. The van der Waals surface area contributed by atoms with Crippen LogP contribution in [0.3, 0.4) is 0 Å². The first-order valence-electron chi connectivity index (χ1n) is 7.33. The standard InChI is InChI=1S/C17H25N3O/c1-13(2)9-16(12-20(3)4)19-17(21)10-14-5-7-15(11-18)8-6-14/h5-8,13,16H,9-10,12H2,1-4H3,(H,19,21). The van der Waals surface area contributed by atoms with Crippen LogP contribution in [0.25, 0.3) is 0 Å². The van der Waals surface area contributed by atoms with E-state index in [0.29, 0.717) is 17.9 Å². The van der Waals surface area contributed by atoms with E-state index < -0.39 is 0 Å². The van der Waals surface area contributed by atoms with Gasteiger partial charge >= 0.3 is 0 Å². The van der Waals surface area contributed by atoms with Crippen molar-refractivity contribution in [3.8, 4) is 6.07 Å². The quantitative estimate of drug-likeness (QED) is 0.836. The number of hydrogen-bond donors (Lipinski definition) is 1. The van der Waals surface area contributed by atoms with Crippen LogP contribution in [0.4, 0.5) is 0 Å². The van der Waals surface area contributed by atoms with Crippen molar-refractivity contribution in [2.24, 2.45) is 5.92 Å². The first-order valence-corrected chi connectivity index (χ1v) is 7.33. The molecule has 0 aliphatic rings. The molecule has 1 rings (SSSR count). The molecule has 0 aromatic heterocycles. The van der Waals surface area contributed by atoms with Gasteiger partial charge in [0.25, 0.3) is 0 Å². The number of rotatable bonds is 7. The summed E-state index contributed by atoms with van der Waals surface area (Å²) in [5.74, 6) is 0.581. The van der Waals surface area contributed by atoms with Crippen LogP contribution >= 0.6 is 0 Å². The molecule has 4 nitrogen and oxygen atoms in total. The number of nitrogens with zero attached hydrogens (tertiary/aromatic N) is 2. The molecule has 0 aliphatic carbocycles. The fourth-order valence-corrected chi connectivity index (χ4v) is 2.35. The van der Waals surface area contributed by atoms with Gasteiger partial charge in [-0.15, -0.1) is 0 Å². The Labute approximate surface area is 127 Å². The van der Waals surface area contributed by atoms with Gasteiger partial charge in [0.2, 0.25) is 5.91 Å². The Hall–Kier alpha value is -1.86. The summed E-state index contributed by atoms with van der Waals surface area (Å²) in [6.07, 6.45) is 1.32. The lowest BCUT2D eigenvalue weighted by atomic mass is 10.0. The number of amides is 1. The van der Waals surface area contributed by atoms with Gasteiger partial charge in [-0.25, -0.2) is 0 Å². The normalized spacial score (nSPS) is 12.2. The molecule has 0 spiro atoms. The summed E-state index contributed by atoms with van der Waals surface area (Å²) < 4.78 is 0. The van der Waals surface area contributed by atoms with Crippen LogP contribution in [-0.4, -0.2) is 37.5 Å². The van der Waals surface area contributed by atoms with Gasteiger partial charge in [0.05, 0.1) is 18.1 Å². The maximum Gasteiger partial charge on any atom is 0.224 e. The van der Waals surface area contributed by atoms with Gasteiger partial charge in [0, 0.05) is 12.6 Å². The molecular weight excluding hydrogens is 262 g/mol. The minimum absolute atomic E-state index is 0.0345. The van der Waals surface area contributed by atoms with E-state index in [4.69, 9.17) is 5.26 Å². The Morgan fingerprint density at radius 2 is 1.90 bits per heavy atom. The summed E-state index contributed by atoms with van der Waals surface area (Å²) in [6, 6.07) is 9.41. The highest BCUT2D eigenvalue weighted by molar-refractivity contribution is 5.78. The van der Waals surface area contributed by atoms with Gasteiger partial charge < -0.3 is 10.2 Å². The van der Waals surface area contributed by atoms with Crippen molar-refractivity contribution in [3.63, 3.8) is 0 Å². The third-order valence-electron chi connectivity index (χ3n) is 3.15. The van der Waals surface area contributed by atoms with Crippen molar-refractivity contribution in [1.82, 2.24) is 10.2 Å². The molecule has 0 saturated carbocycles. The van der Waals surface area contributed by atoms with E-state index >= 15 is 0 Å². The van der Waals surface area contributed by atoms with Crippen LogP contribution in [-0.2, 0) is 11.2 Å². The van der Waals surface area contributed by atoms with E-state index in [9.17, 15) is 4.79 Å². The molecule has 0 aliphatic heterocycles. The topological polar surface area (TPSA) is 56.1 Å². The van der Waals surface area contributed by atoms with Crippen molar-refractivity contribution in [1.29, 1.82) is 5.26 Å². The van der Waals surface area contributed by atoms with Crippen LogP contribution in [0.2, 0.25) is 0 Å². The predicted molar refractivity (Wildman–Crippen MR) is 84.8 cm³/mol. The summed E-state index contributed by atoms with van der Waals surface area (Å²) in [6.45, 7) is 5.17. The number of nitriles is 1. The first-order chi connectivity index (χ1) is 9.90. The predicted octanol–water partition coefficient (Wildman–Crippen LogP) is 2.19. The minimum Gasteiger partial charge on any atom is -0.352 e. The lowest BCUT2D eigenvalue weighted by Crippen LogP contribution is -2.43. The summed E-state index contributed by atoms with van der Waals surface area (Å²) >= 11 is 0. The maximum absolute atomic E-state index is 12.1. The second-order valence-corrected chi connectivity index (χ2v) is 6.14. The fraction of sp³-hybridized carbons (Fsp3) is 0.529. The number of nitrogens with one attached hydrogen (secondary N) is 1. The molecule has 1 amide bonds. The van der Waals surface area contributed by atoms with Gasteiger partial charge in [-0.2, -0.15) is 5.26 Å². The molecular formula is C17H25N3O. The van der Waals surface area contributed by atoms with Gasteiger partial charge in [0.1, 0.15) is 0 Å². The molecule has 0 saturated heterocycles. The molecule has 1 N–H and O–H groups in total. The lowest BCUT2D eigenvalue weighted by Gasteiger charge is -2.24. The number of carbonyl (C=O) groups excluding carboxylic acids is 1. The molecule has 21 heavy (non-hydrogen) atoms. The van der Waals surface area contributed by atoms with Crippen LogP contribution in [0.1, 0.15) is 31.4 Å². The molecule has 4 heteroatoms. The third kappa shape index (κ3) is 6.92. The molecule has 114 valence electrons. The van der Waals surface area contributed by atoms with E-state index in [1.165, 1.54) is 0 Å². The molecule has 0 bridgehead atoms. The Morgan fingerprint density at radius 1 is 1.29 bits per heavy atom. The van der Waals surface area contributed by atoms with Crippen molar-refractivity contribution in [2.45, 2.75) is 32.7 Å². The zero-order valence-corrected chi connectivity index (χ0v) is 13.4. The largest absolute Gasteiger partial charge is 0.352 e. The highest BCUT2D eigenvalue weighted by Gasteiger charge is 2.15. The second-order valence-electron chi connectivity index (χ2n) is 6.14. The third-order valence-corrected chi connectivity index (χ3v) is 3.15. The molecule has 0 heterocycles. The SMILES string of the molecule is CC(C)CC(CN(C)C)NC(=O)Cc1ccc(C#N)cc1. The number of hydrogen-bond acceptors (Lipinski definition) is 3. The Balaban J connectivity index is 2.57. The van der Waals surface area contributed by atoms with Crippen LogP contribution in [0, 0.1) is 17.2 Å². The molecule has 0 radical (unpaired) electrons. The minimum atomic E-state index is 0.0345. The molecule has 0 fully saturated rings. The number of likely N-dealkylation sites (N-methyl/N-ethyl adjacent to an activating group) is 1. The average Bonchev–Trinajstić information content (AvgIpc) is 2.37. The molecule has 1 unspecified atom stereocenters. The lowest BCUT2D eigenvalue weighted by molar-refractivity contribution is -0.121. The Kier molecular flexibility index (Phi) is 6.90. The number of benzene rings is 1. The smallest absolute Gasteiger partial charge is 0.224 e. The monoisotopic (exact) mass is 287 g/mol. The van der Waals surface area contributed by atoms with E-state index in [2.05, 4.69) is 30.1 Å². The highest BCUT2D eigenvalue weighted by Crippen LogP contribution is 2.07. The summed E-state index contributed by atoms with van der Waals surface area (Å²) in [4.78, 5) is 14.2. The van der Waals surface area contributed by atoms with E-state index in [1.807, 2.05) is 26.2 Å². The van der Waals surface area contributed by atoms with E-state index in [-0.39, 0.29) is 11.9 Å². The Morgan fingerprint density at radius 3 is 2.38 bits per heavy atom. The van der Waals surface area contributed by atoms with Crippen LogP contribution in [0.5, 0.6) is 0 Å². The first kappa shape index (κ1) is 17.2. The molecule has 1 aromatic rings. The Bertz CT molecular complexity index is 476.